The third-order valence-corrected chi connectivity index (χ3v) is 1.90. The SMILES string of the molecule is CON(C)c1cc(N)ccc1C(N)=O. The number of hydrogen-bond donors (Lipinski definition) is 2. The van der Waals surface area contributed by atoms with Gasteiger partial charge in [-0.2, -0.15) is 0 Å². The van der Waals surface area contributed by atoms with Crippen molar-refractivity contribution in [1.29, 1.82) is 0 Å². The quantitative estimate of drug-likeness (QED) is 0.539. The second-order valence-electron chi connectivity index (χ2n) is 2.82. The average molecular weight is 195 g/mol. The summed E-state index contributed by atoms with van der Waals surface area (Å²) in [7, 11) is 3.16. The lowest BCUT2D eigenvalue weighted by Crippen LogP contribution is -2.21. The molecule has 5 heteroatoms. The van der Waals surface area contributed by atoms with Crippen LogP contribution < -0.4 is 16.5 Å². The van der Waals surface area contributed by atoms with Crippen molar-refractivity contribution in [1.82, 2.24) is 0 Å². The van der Waals surface area contributed by atoms with Crippen molar-refractivity contribution in [2.45, 2.75) is 0 Å². The molecule has 0 radical (unpaired) electrons. The van der Waals surface area contributed by atoms with Crippen LogP contribution in [-0.4, -0.2) is 20.1 Å². The first-order chi connectivity index (χ1) is 6.56. The van der Waals surface area contributed by atoms with Gasteiger partial charge in [0, 0.05) is 12.7 Å². The summed E-state index contributed by atoms with van der Waals surface area (Å²) in [6.07, 6.45) is 0. The summed E-state index contributed by atoms with van der Waals surface area (Å²) in [6, 6.07) is 4.82. The molecule has 0 atom stereocenters. The van der Waals surface area contributed by atoms with E-state index in [9.17, 15) is 4.79 Å². The molecule has 0 unspecified atom stereocenters. The highest BCUT2D eigenvalue weighted by Crippen LogP contribution is 2.22. The lowest BCUT2D eigenvalue weighted by atomic mass is 10.1. The van der Waals surface area contributed by atoms with Gasteiger partial charge in [-0.1, -0.05) is 0 Å². The number of nitrogens with two attached hydrogens (primary N) is 2. The van der Waals surface area contributed by atoms with Gasteiger partial charge < -0.3 is 11.5 Å². The fraction of sp³-hybridized carbons (Fsp3) is 0.222. The average Bonchev–Trinajstić information content (AvgIpc) is 2.16. The number of benzene rings is 1. The molecule has 0 spiro atoms. The topological polar surface area (TPSA) is 81.6 Å². The van der Waals surface area contributed by atoms with Crippen LogP contribution >= 0.6 is 0 Å². The number of carbonyl (C=O) groups excluding carboxylic acids is 1. The molecule has 4 N–H and O–H groups in total. The minimum Gasteiger partial charge on any atom is -0.399 e. The predicted molar refractivity (Wildman–Crippen MR) is 54.8 cm³/mol. The van der Waals surface area contributed by atoms with Crippen LogP contribution in [0.4, 0.5) is 11.4 Å². The zero-order valence-corrected chi connectivity index (χ0v) is 8.15. The van der Waals surface area contributed by atoms with Crippen LogP contribution in [0.3, 0.4) is 0 Å². The molecule has 0 heterocycles. The summed E-state index contributed by atoms with van der Waals surface area (Å²) in [4.78, 5) is 16.0. The van der Waals surface area contributed by atoms with Crippen molar-refractivity contribution >= 4 is 17.3 Å². The lowest BCUT2D eigenvalue weighted by Gasteiger charge is -2.18. The number of primary amides is 1. The number of hydroxylamine groups is 1. The van der Waals surface area contributed by atoms with Crippen LogP contribution in [0.15, 0.2) is 18.2 Å². The standard InChI is InChI=1S/C9H13N3O2/c1-12(14-2)8-5-6(10)3-4-7(8)9(11)13/h3-5H,10H2,1-2H3,(H2,11,13). The number of anilines is 2. The maximum atomic E-state index is 11.1. The summed E-state index contributed by atoms with van der Waals surface area (Å²) >= 11 is 0. The summed E-state index contributed by atoms with van der Waals surface area (Å²) in [5.74, 6) is -0.510. The van der Waals surface area contributed by atoms with E-state index in [1.165, 1.54) is 12.2 Å². The van der Waals surface area contributed by atoms with Crippen LogP contribution in [0.1, 0.15) is 10.4 Å². The Kier molecular flexibility index (Phi) is 2.93. The van der Waals surface area contributed by atoms with Gasteiger partial charge in [-0.15, -0.1) is 0 Å². The molecule has 0 saturated carbocycles. The third kappa shape index (κ3) is 1.94. The molecule has 1 amide bonds. The summed E-state index contributed by atoms with van der Waals surface area (Å²) in [6.45, 7) is 0. The molecule has 0 aliphatic carbocycles. The molecule has 0 aromatic heterocycles. The van der Waals surface area contributed by atoms with Gasteiger partial charge in [-0.25, -0.2) is 0 Å². The van der Waals surface area contributed by atoms with Crippen molar-refractivity contribution in [2.24, 2.45) is 5.73 Å². The smallest absolute Gasteiger partial charge is 0.250 e. The van der Waals surface area contributed by atoms with E-state index in [-0.39, 0.29) is 0 Å². The number of hydrogen-bond acceptors (Lipinski definition) is 4. The van der Waals surface area contributed by atoms with Crippen LogP contribution in [0.2, 0.25) is 0 Å². The Morgan fingerprint density at radius 1 is 1.50 bits per heavy atom. The molecule has 0 aliphatic rings. The Hall–Kier alpha value is -1.75. The van der Waals surface area contributed by atoms with E-state index in [1.807, 2.05) is 0 Å². The van der Waals surface area contributed by atoms with E-state index in [4.69, 9.17) is 16.3 Å². The van der Waals surface area contributed by atoms with Gasteiger partial charge in [-0.05, 0) is 18.2 Å². The molecule has 5 nitrogen and oxygen atoms in total. The highest BCUT2D eigenvalue weighted by atomic mass is 16.7. The number of carbonyl (C=O) groups is 1. The molecule has 76 valence electrons. The molecule has 0 saturated heterocycles. The van der Waals surface area contributed by atoms with Crippen molar-refractivity contribution in [3.05, 3.63) is 23.8 Å². The van der Waals surface area contributed by atoms with E-state index in [1.54, 1.807) is 25.2 Å². The summed E-state index contributed by atoms with van der Waals surface area (Å²) < 4.78 is 0. The minimum atomic E-state index is -0.510. The van der Waals surface area contributed by atoms with Gasteiger partial charge in [0.2, 0.25) is 0 Å². The van der Waals surface area contributed by atoms with E-state index in [0.29, 0.717) is 16.9 Å². The molecule has 14 heavy (non-hydrogen) atoms. The number of nitrogen functional groups attached to an aromatic ring is 1. The van der Waals surface area contributed by atoms with Gasteiger partial charge in [-0.3, -0.25) is 14.7 Å². The maximum absolute atomic E-state index is 11.1. The molecule has 1 aromatic carbocycles. The fourth-order valence-corrected chi connectivity index (χ4v) is 1.12. The van der Waals surface area contributed by atoms with E-state index in [2.05, 4.69) is 0 Å². The third-order valence-electron chi connectivity index (χ3n) is 1.90. The zero-order chi connectivity index (χ0) is 10.7. The van der Waals surface area contributed by atoms with Crippen molar-refractivity contribution in [2.75, 3.05) is 25.0 Å². The molecule has 1 aromatic rings. The first kappa shape index (κ1) is 10.3. The number of amides is 1. The summed E-state index contributed by atoms with van der Waals surface area (Å²) in [5, 5.41) is 1.43. The zero-order valence-electron chi connectivity index (χ0n) is 8.15. The Morgan fingerprint density at radius 2 is 2.14 bits per heavy atom. The van der Waals surface area contributed by atoms with E-state index in [0.717, 1.165) is 0 Å². The largest absolute Gasteiger partial charge is 0.399 e. The number of rotatable bonds is 3. The van der Waals surface area contributed by atoms with Crippen LogP contribution in [0.5, 0.6) is 0 Å². The second-order valence-corrected chi connectivity index (χ2v) is 2.82. The molecule has 0 aliphatic heterocycles. The first-order valence-corrected chi connectivity index (χ1v) is 4.03. The summed E-state index contributed by atoms with van der Waals surface area (Å²) in [5.41, 5.74) is 12.3. The van der Waals surface area contributed by atoms with Crippen LogP contribution in [0, 0.1) is 0 Å². The Balaban J connectivity index is 3.22. The Morgan fingerprint density at radius 3 is 2.64 bits per heavy atom. The molecule has 0 fully saturated rings. The molecular formula is C9H13N3O2. The fourth-order valence-electron chi connectivity index (χ4n) is 1.12. The van der Waals surface area contributed by atoms with Gasteiger partial charge in [0.25, 0.3) is 5.91 Å². The molecule has 0 bridgehead atoms. The van der Waals surface area contributed by atoms with Crippen molar-refractivity contribution < 1.29 is 9.63 Å². The van der Waals surface area contributed by atoms with E-state index < -0.39 is 5.91 Å². The van der Waals surface area contributed by atoms with Gasteiger partial charge >= 0.3 is 0 Å². The Labute approximate surface area is 82.2 Å². The minimum absolute atomic E-state index is 0.378. The Bertz CT molecular complexity index is 352. The van der Waals surface area contributed by atoms with Gasteiger partial charge in [0.05, 0.1) is 18.4 Å². The second kappa shape index (κ2) is 3.97. The molecular weight excluding hydrogens is 182 g/mol. The van der Waals surface area contributed by atoms with Gasteiger partial charge in [0.1, 0.15) is 0 Å². The first-order valence-electron chi connectivity index (χ1n) is 4.03. The van der Waals surface area contributed by atoms with Gasteiger partial charge in [0.15, 0.2) is 0 Å². The lowest BCUT2D eigenvalue weighted by molar-refractivity contribution is 0.0998. The monoisotopic (exact) mass is 195 g/mol. The predicted octanol–water partition coefficient (Wildman–Crippen LogP) is 0.365. The van der Waals surface area contributed by atoms with Crippen LogP contribution in [0.25, 0.3) is 0 Å². The van der Waals surface area contributed by atoms with Crippen molar-refractivity contribution in [3.8, 4) is 0 Å². The normalized spacial score (nSPS) is 9.86. The van der Waals surface area contributed by atoms with Crippen LogP contribution in [-0.2, 0) is 4.84 Å². The highest BCUT2D eigenvalue weighted by molar-refractivity contribution is 5.99. The molecule has 1 rings (SSSR count). The maximum Gasteiger partial charge on any atom is 0.250 e. The highest BCUT2D eigenvalue weighted by Gasteiger charge is 2.11. The number of nitrogens with zero attached hydrogens (tertiary/aromatic N) is 1. The van der Waals surface area contributed by atoms with Crippen molar-refractivity contribution in [3.63, 3.8) is 0 Å². The van der Waals surface area contributed by atoms with E-state index >= 15 is 0 Å².